The molecule has 5 aliphatic rings. The van der Waals surface area contributed by atoms with Gasteiger partial charge in [-0.1, -0.05) is 41.2 Å². The lowest BCUT2D eigenvalue weighted by molar-refractivity contribution is -0.347. The van der Waals surface area contributed by atoms with Crippen molar-refractivity contribution in [3.63, 3.8) is 0 Å². The predicted octanol–water partition coefficient (Wildman–Crippen LogP) is 2.76. The summed E-state index contributed by atoms with van der Waals surface area (Å²) in [7, 11) is 0. The first kappa shape index (κ1) is 37.6. The van der Waals surface area contributed by atoms with Gasteiger partial charge in [-0.05, 0) is 116 Å². The van der Waals surface area contributed by atoms with Crippen LogP contribution in [0.25, 0.3) is 0 Å². The van der Waals surface area contributed by atoms with Gasteiger partial charge < -0.3 is 45.2 Å². The third-order valence-electron chi connectivity index (χ3n) is 14.8. The van der Waals surface area contributed by atoms with Crippen LogP contribution in [-0.4, -0.2) is 108 Å². The van der Waals surface area contributed by atoms with E-state index in [4.69, 9.17) is 9.47 Å². The summed E-state index contributed by atoms with van der Waals surface area (Å²) < 4.78 is 12.6. The minimum Gasteiger partial charge on any atom is -0.394 e. The molecule has 0 amide bonds. The molecule has 272 valence electrons. The molecule has 17 atom stereocenters. The molecule has 11 heteroatoms. The van der Waals surface area contributed by atoms with Crippen LogP contribution in [0.5, 0.6) is 0 Å². The maximum absolute atomic E-state index is 12.1. The Hall–Kier alpha value is -0.700. The van der Waals surface area contributed by atoms with Crippen molar-refractivity contribution in [1.29, 1.82) is 0 Å². The summed E-state index contributed by atoms with van der Waals surface area (Å²) in [6.45, 7) is 17.8. The number of hydrogen-bond donors (Lipinski definition) is 8. The van der Waals surface area contributed by atoms with Gasteiger partial charge >= 0.3 is 0 Å². The Balaban J connectivity index is 1.52. The average Bonchev–Trinajstić information content (AvgIpc) is 3.37. The zero-order valence-corrected chi connectivity index (χ0v) is 29.4. The van der Waals surface area contributed by atoms with Crippen LogP contribution < -0.4 is 0 Å². The zero-order chi connectivity index (χ0) is 35.1. The van der Waals surface area contributed by atoms with Crippen molar-refractivity contribution in [3.05, 3.63) is 12.2 Å². The highest BCUT2D eigenvalue weighted by Crippen LogP contribution is 2.76. The molecule has 47 heavy (non-hydrogen) atoms. The van der Waals surface area contributed by atoms with E-state index in [1.54, 1.807) is 6.92 Å². The Morgan fingerprint density at radius 2 is 1.64 bits per heavy atom. The van der Waals surface area contributed by atoms with E-state index in [1.807, 2.05) is 20.8 Å². The van der Waals surface area contributed by atoms with Gasteiger partial charge in [0.05, 0.1) is 30.5 Å². The van der Waals surface area contributed by atoms with E-state index in [0.29, 0.717) is 44.1 Å². The highest BCUT2D eigenvalue weighted by Gasteiger charge is 2.73. The highest BCUT2D eigenvalue weighted by atomic mass is 17.1. The fourth-order valence-corrected chi connectivity index (χ4v) is 12.1. The fraction of sp³-hybridized carbons (Fsp3) is 0.944. The predicted molar refractivity (Wildman–Crippen MR) is 173 cm³/mol. The molecule has 1 heterocycles. The van der Waals surface area contributed by atoms with E-state index < -0.39 is 83.6 Å². The summed E-state index contributed by atoms with van der Waals surface area (Å²) in [6.07, 6.45) is -4.75. The van der Waals surface area contributed by atoms with Gasteiger partial charge in [-0.3, -0.25) is 5.26 Å². The summed E-state index contributed by atoms with van der Waals surface area (Å²) in [4.78, 5) is 4.63. The Kier molecular flexibility index (Phi) is 10.2. The number of fused-ring (bicyclic) bond motifs is 5. The number of rotatable bonds is 9. The maximum Gasteiger partial charge on any atom is 0.186 e. The molecule has 5 rings (SSSR count). The molecule has 0 aromatic rings. The minimum absolute atomic E-state index is 0.0666. The van der Waals surface area contributed by atoms with E-state index in [1.165, 1.54) is 0 Å². The third kappa shape index (κ3) is 5.77. The number of aliphatic hydroxyl groups is 7. The van der Waals surface area contributed by atoms with Gasteiger partial charge in [0.15, 0.2) is 6.29 Å². The second-order valence-electron chi connectivity index (χ2n) is 17.6. The van der Waals surface area contributed by atoms with Crippen LogP contribution in [0.3, 0.4) is 0 Å². The summed E-state index contributed by atoms with van der Waals surface area (Å²) in [6, 6.07) is 0. The van der Waals surface area contributed by atoms with Crippen LogP contribution in [0.15, 0.2) is 12.2 Å². The summed E-state index contributed by atoms with van der Waals surface area (Å²) in [5.74, 6) is -0.552. The second-order valence-corrected chi connectivity index (χ2v) is 17.6. The lowest BCUT2D eigenvalue weighted by Crippen LogP contribution is -2.71. The molecular formula is C36H62O11. The summed E-state index contributed by atoms with van der Waals surface area (Å²) >= 11 is 0. The molecule has 11 nitrogen and oxygen atoms in total. The number of ether oxygens (including phenoxy) is 2. The molecule has 0 bridgehead atoms. The lowest BCUT2D eigenvalue weighted by Gasteiger charge is -2.72. The molecule has 8 N–H and O–H groups in total. The Morgan fingerprint density at radius 3 is 2.23 bits per heavy atom. The maximum atomic E-state index is 12.1. The molecule has 1 saturated heterocycles. The molecule has 4 aliphatic carbocycles. The number of hydrogen-bond acceptors (Lipinski definition) is 11. The van der Waals surface area contributed by atoms with Crippen molar-refractivity contribution in [2.45, 2.75) is 161 Å². The Morgan fingerprint density at radius 1 is 0.979 bits per heavy atom. The Bertz CT molecular complexity index is 1140. The van der Waals surface area contributed by atoms with Gasteiger partial charge in [0.1, 0.15) is 30.5 Å². The number of aliphatic hydroxyl groups excluding tert-OH is 6. The molecule has 1 aliphatic heterocycles. The lowest BCUT2D eigenvalue weighted by atomic mass is 9.34. The van der Waals surface area contributed by atoms with Crippen molar-refractivity contribution in [3.8, 4) is 0 Å². The van der Waals surface area contributed by atoms with E-state index in [2.05, 4.69) is 32.2 Å². The quantitative estimate of drug-likeness (QED) is 0.0780. The molecule has 5 fully saturated rings. The summed E-state index contributed by atoms with van der Waals surface area (Å²) in [5, 5.41) is 86.7. The third-order valence-corrected chi connectivity index (χ3v) is 14.8. The molecule has 0 aromatic carbocycles. The van der Waals surface area contributed by atoms with Gasteiger partial charge in [0.25, 0.3) is 0 Å². The molecule has 0 radical (unpaired) electrons. The zero-order valence-electron chi connectivity index (χ0n) is 29.4. The van der Waals surface area contributed by atoms with Gasteiger partial charge in [0.2, 0.25) is 0 Å². The Labute approximate surface area is 279 Å². The topological polar surface area (TPSA) is 190 Å². The van der Waals surface area contributed by atoms with Crippen LogP contribution in [0.2, 0.25) is 0 Å². The van der Waals surface area contributed by atoms with E-state index in [-0.39, 0.29) is 29.1 Å². The smallest absolute Gasteiger partial charge is 0.186 e. The van der Waals surface area contributed by atoms with E-state index in [0.717, 1.165) is 12.8 Å². The average molecular weight is 671 g/mol. The second kappa shape index (κ2) is 12.8. The van der Waals surface area contributed by atoms with Crippen molar-refractivity contribution < 1.29 is 55.4 Å². The molecular weight excluding hydrogens is 608 g/mol. The van der Waals surface area contributed by atoms with Gasteiger partial charge in [-0.15, -0.1) is 0 Å². The van der Waals surface area contributed by atoms with Crippen molar-refractivity contribution in [2.24, 2.45) is 45.3 Å². The fourth-order valence-electron chi connectivity index (χ4n) is 12.1. The molecule has 4 saturated carbocycles. The SMILES string of the molecule is C=C(C)C(CC[C@](C)(O)[C@H]1CC[C@]2(C)[C@@H]1[C@H](O)C[C@@H]1[C@@]3(C)CC[C@H](O)C(C)(C)[C@@H]3[C@@H](O[C@@H]3O[C@H](CO)[C@@H](O)[C@H](O)[C@H]3O)C[C@]12C)OO. The van der Waals surface area contributed by atoms with Gasteiger partial charge in [-0.2, -0.15) is 0 Å². The highest BCUT2D eigenvalue weighted by molar-refractivity contribution is 5.22. The van der Waals surface area contributed by atoms with Crippen LogP contribution in [0.4, 0.5) is 0 Å². The summed E-state index contributed by atoms with van der Waals surface area (Å²) in [5.41, 5.74) is -2.23. The molecule has 1 unspecified atom stereocenters. The first-order chi connectivity index (χ1) is 21.7. The van der Waals surface area contributed by atoms with Crippen LogP contribution in [0.1, 0.15) is 99.8 Å². The first-order valence-electron chi connectivity index (χ1n) is 17.7. The van der Waals surface area contributed by atoms with Gasteiger partial charge in [-0.25, -0.2) is 4.89 Å². The minimum atomic E-state index is -1.57. The van der Waals surface area contributed by atoms with Gasteiger partial charge in [0, 0.05) is 0 Å². The first-order valence-corrected chi connectivity index (χ1v) is 17.7. The van der Waals surface area contributed by atoms with Crippen LogP contribution in [-0.2, 0) is 14.4 Å². The van der Waals surface area contributed by atoms with Crippen molar-refractivity contribution in [2.75, 3.05) is 6.61 Å². The van der Waals surface area contributed by atoms with Crippen molar-refractivity contribution >= 4 is 0 Å². The standard InChI is InChI=1S/C36H62O11/c1-18(2)21(47-44)10-14-36(8,43)19-9-13-34(6)26(19)20(38)15-24-33(5)12-11-25(39)32(3,4)30(33)22(16-35(24,34)7)45-31-29(42)28(41)27(40)23(17-37)46-31/h19-31,37-44H,1,9-17H2,2-8H3/t19-,20+,21?,22-,23+,24+,25-,26-,27+,28-,29+,30-,31+,33+,34+,35+,36-/m0/s1. The van der Waals surface area contributed by atoms with E-state index >= 15 is 0 Å². The monoisotopic (exact) mass is 670 g/mol. The van der Waals surface area contributed by atoms with Crippen LogP contribution >= 0.6 is 0 Å². The molecule has 0 aromatic heterocycles. The normalized spacial score (nSPS) is 51.3. The van der Waals surface area contributed by atoms with Crippen LogP contribution in [0, 0.1) is 45.3 Å². The van der Waals surface area contributed by atoms with Crippen molar-refractivity contribution in [1.82, 2.24) is 0 Å². The van der Waals surface area contributed by atoms with E-state index in [9.17, 15) is 41.0 Å². The largest absolute Gasteiger partial charge is 0.394 e. The molecule has 0 spiro atoms.